The van der Waals surface area contributed by atoms with E-state index in [0.717, 1.165) is 22.5 Å². The van der Waals surface area contributed by atoms with E-state index in [2.05, 4.69) is 5.32 Å². The molecule has 0 aliphatic carbocycles. The zero-order valence-electron chi connectivity index (χ0n) is 14.1. The molecule has 2 aromatic rings. The summed E-state index contributed by atoms with van der Waals surface area (Å²) in [5.41, 5.74) is 4.18. The molecule has 22 heavy (non-hydrogen) atoms. The summed E-state index contributed by atoms with van der Waals surface area (Å²) in [5.74, 6) is 0. The van der Waals surface area contributed by atoms with E-state index in [1.165, 1.54) is 0 Å². The molecule has 0 atom stereocenters. The zero-order chi connectivity index (χ0) is 16.3. The fourth-order valence-electron chi connectivity index (χ4n) is 2.51. The van der Waals surface area contributed by atoms with Crippen molar-refractivity contribution in [1.29, 1.82) is 0 Å². The molecule has 1 aromatic carbocycles. The fourth-order valence-corrected chi connectivity index (χ4v) is 2.51. The van der Waals surface area contributed by atoms with Crippen LogP contribution < -0.4 is 5.32 Å². The molecule has 0 saturated carbocycles. The lowest BCUT2D eigenvalue weighted by molar-refractivity contribution is 0.192. The van der Waals surface area contributed by atoms with Crippen molar-refractivity contribution in [1.82, 2.24) is 9.47 Å². The van der Waals surface area contributed by atoms with Crippen molar-refractivity contribution in [2.75, 3.05) is 5.32 Å². The summed E-state index contributed by atoms with van der Waals surface area (Å²) < 4.78 is 2.04. The molecule has 1 N–H and O–H groups in total. The Labute approximate surface area is 132 Å². The number of hydrogen-bond donors (Lipinski definition) is 1. The van der Waals surface area contributed by atoms with Crippen LogP contribution >= 0.6 is 0 Å². The van der Waals surface area contributed by atoms with Crippen molar-refractivity contribution in [3.63, 3.8) is 0 Å². The zero-order valence-corrected chi connectivity index (χ0v) is 14.1. The number of hydrogen-bond acceptors (Lipinski definition) is 1. The first-order valence-electron chi connectivity index (χ1n) is 7.64. The summed E-state index contributed by atoms with van der Waals surface area (Å²) in [4.78, 5) is 14.6. The molecule has 1 aromatic heterocycles. The van der Waals surface area contributed by atoms with Crippen molar-refractivity contribution >= 4 is 11.7 Å². The number of benzene rings is 1. The molecule has 2 amide bonds. The number of nitrogens with one attached hydrogen (secondary N) is 1. The van der Waals surface area contributed by atoms with Gasteiger partial charge in [-0.05, 0) is 51.0 Å². The molecule has 0 aliphatic heterocycles. The van der Waals surface area contributed by atoms with Crippen LogP contribution in [0.5, 0.6) is 0 Å². The highest BCUT2D eigenvalue weighted by molar-refractivity contribution is 5.91. The Morgan fingerprint density at radius 2 is 1.82 bits per heavy atom. The molecule has 2 rings (SSSR count). The minimum atomic E-state index is -0.0615. The van der Waals surface area contributed by atoms with Gasteiger partial charge in [-0.1, -0.05) is 18.2 Å². The summed E-state index contributed by atoms with van der Waals surface area (Å²) in [6, 6.07) is 10.1. The van der Waals surface area contributed by atoms with Gasteiger partial charge in [0.15, 0.2) is 0 Å². The molecule has 0 saturated heterocycles. The van der Waals surface area contributed by atoms with Crippen molar-refractivity contribution in [2.24, 2.45) is 7.05 Å². The predicted molar refractivity (Wildman–Crippen MR) is 91.0 cm³/mol. The molecule has 0 radical (unpaired) electrons. The lowest BCUT2D eigenvalue weighted by Crippen LogP contribution is -2.40. The Morgan fingerprint density at radius 3 is 2.32 bits per heavy atom. The first-order chi connectivity index (χ1) is 10.4. The summed E-state index contributed by atoms with van der Waals surface area (Å²) >= 11 is 0. The van der Waals surface area contributed by atoms with Gasteiger partial charge < -0.3 is 14.8 Å². The van der Waals surface area contributed by atoms with Crippen LogP contribution in [0.4, 0.5) is 10.5 Å². The van der Waals surface area contributed by atoms with Crippen molar-refractivity contribution in [3.8, 4) is 0 Å². The average Bonchev–Trinajstić information content (AvgIpc) is 2.85. The SMILES string of the molecule is Cc1cccc(C)c1NC(=O)N(Cc1cccn1C)C(C)C. The van der Waals surface area contributed by atoms with Crippen LogP contribution in [-0.2, 0) is 13.6 Å². The monoisotopic (exact) mass is 299 g/mol. The second kappa shape index (κ2) is 6.69. The van der Waals surface area contributed by atoms with Crippen LogP contribution in [-0.4, -0.2) is 21.5 Å². The summed E-state index contributed by atoms with van der Waals surface area (Å²) in [7, 11) is 2.00. The number of urea groups is 1. The van der Waals surface area contributed by atoms with Crippen molar-refractivity contribution < 1.29 is 4.79 Å². The van der Waals surface area contributed by atoms with E-state index in [4.69, 9.17) is 0 Å². The van der Waals surface area contributed by atoms with Crippen LogP contribution in [0.3, 0.4) is 0 Å². The lowest BCUT2D eigenvalue weighted by Gasteiger charge is -2.28. The minimum absolute atomic E-state index is 0.0615. The van der Waals surface area contributed by atoms with Crippen LogP contribution in [0, 0.1) is 13.8 Å². The third kappa shape index (κ3) is 3.50. The van der Waals surface area contributed by atoms with E-state index in [1.54, 1.807) is 0 Å². The van der Waals surface area contributed by atoms with E-state index in [1.807, 2.05) is 80.7 Å². The maximum Gasteiger partial charge on any atom is 0.322 e. The number of aryl methyl sites for hydroxylation is 3. The number of anilines is 1. The molecule has 0 fully saturated rings. The van der Waals surface area contributed by atoms with Crippen LogP contribution in [0.2, 0.25) is 0 Å². The maximum atomic E-state index is 12.7. The van der Waals surface area contributed by atoms with E-state index in [-0.39, 0.29) is 12.1 Å². The molecular formula is C18H25N3O. The molecular weight excluding hydrogens is 274 g/mol. The largest absolute Gasteiger partial charge is 0.353 e. The Morgan fingerprint density at radius 1 is 1.18 bits per heavy atom. The van der Waals surface area contributed by atoms with E-state index >= 15 is 0 Å². The molecule has 4 nitrogen and oxygen atoms in total. The van der Waals surface area contributed by atoms with Gasteiger partial charge in [-0.15, -0.1) is 0 Å². The molecule has 118 valence electrons. The van der Waals surface area contributed by atoms with Gasteiger partial charge in [0.2, 0.25) is 0 Å². The number of aromatic nitrogens is 1. The predicted octanol–water partition coefficient (Wildman–Crippen LogP) is 4.08. The highest BCUT2D eigenvalue weighted by atomic mass is 16.2. The van der Waals surface area contributed by atoms with Crippen LogP contribution in [0.25, 0.3) is 0 Å². The fraction of sp³-hybridized carbons (Fsp3) is 0.389. The van der Waals surface area contributed by atoms with Gasteiger partial charge in [-0.25, -0.2) is 4.79 Å². The van der Waals surface area contributed by atoms with Gasteiger partial charge in [-0.2, -0.15) is 0 Å². The van der Waals surface area contributed by atoms with Gasteiger partial charge in [0.25, 0.3) is 0 Å². The van der Waals surface area contributed by atoms with Gasteiger partial charge in [0.1, 0.15) is 0 Å². The Hall–Kier alpha value is -2.23. The highest BCUT2D eigenvalue weighted by Crippen LogP contribution is 2.21. The van der Waals surface area contributed by atoms with Crippen LogP contribution in [0.1, 0.15) is 30.7 Å². The summed E-state index contributed by atoms with van der Waals surface area (Å²) in [6.07, 6.45) is 2.00. The van der Waals surface area contributed by atoms with Gasteiger partial charge in [-0.3, -0.25) is 0 Å². The summed E-state index contributed by atoms with van der Waals surface area (Å²) in [5, 5.41) is 3.07. The highest BCUT2D eigenvalue weighted by Gasteiger charge is 2.19. The first-order valence-corrected chi connectivity index (χ1v) is 7.64. The number of amides is 2. The molecule has 0 aliphatic rings. The normalized spacial score (nSPS) is 10.8. The number of nitrogens with zero attached hydrogens (tertiary/aromatic N) is 2. The third-order valence-corrected chi connectivity index (χ3v) is 3.98. The lowest BCUT2D eigenvalue weighted by atomic mass is 10.1. The smallest absolute Gasteiger partial charge is 0.322 e. The number of carbonyl (C=O) groups is 1. The quantitative estimate of drug-likeness (QED) is 0.907. The Kier molecular flexibility index (Phi) is 4.91. The van der Waals surface area contributed by atoms with Gasteiger partial charge in [0.05, 0.1) is 6.54 Å². The van der Waals surface area contributed by atoms with E-state index in [0.29, 0.717) is 6.54 Å². The first kappa shape index (κ1) is 16.1. The Balaban J connectivity index is 2.19. The minimum Gasteiger partial charge on any atom is -0.353 e. The van der Waals surface area contributed by atoms with Crippen LogP contribution in [0.15, 0.2) is 36.5 Å². The molecule has 0 spiro atoms. The molecule has 1 heterocycles. The maximum absolute atomic E-state index is 12.7. The van der Waals surface area contributed by atoms with Gasteiger partial charge >= 0.3 is 6.03 Å². The Bertz CT molecular complexity index is 638. The van der Waals surface area contributed by atoms with E-state index in [9.17, 15) is 4.79 Å². The van der Waals surface area contributed by atoms with Crippen molar-refractivity contribution in [2.45, 2.75) is 40.3 Å². The molecule has 0 unspecified atom stereocenters. The standard InChI is InChI=1S/C18H25N3O/c1-13(2)21(12-16-10-7-11-20(16)5)18(22)19-17-14(3)8-6-9-15(17)4/h6-11,13H,12H2,1-5H3,(H,19,22). The molecule has 0 bridgehead atoms. The average molecular weight is 299 g/mol. The number of rotatable bonds is 4. The molecule has 4 heteroatoms. The van der Waals surface area contributed by atoms with Gasteiger partial charge in [0, 0.05) is 30.7 Å². The second-order valence-corrected chi connectivity index (χ2v) is 6.03. The number of para-hydroxylation sites is 1. The van der Waals surface area contributed by atoms with Crippen molar-refractivity contribution in [3.05, 3.63) is 53.3 Å². The topological polar surface area (TPSA) is 37.3 Å². The number of carbonyl (C=O) groups excluding carboxylic acids is 1. The van der Waals surface area contributed by atoms with E-state index < -0.39 is 0 Å². The third-order valence-electron chi connectivity index (χ3n) is 3.98. The summed E-state index contributed by atoms with van der Waals surface area (Å²) in [6.45, 7) is 8.69. The second-order valence-electron chi connectivity index (χ2n) is 6.03.